The first-order chi connectivity index (χ1) is 11.1. The second-order valence-corrected chi connectivity index (χ2v) is 7.88. The molecule has 2 aromatic carbocycles. The monoisotopic (exact) mass is 387 g/mol. The highest BCUT2D eigenvalue weighted by Gasteiger charge is 2.34. The Morgan fingerprint density at radius 2 is 1.71 bits per heavy atom. The van der Waals surface area contributed by atoms with Crippen molar-refractivity contribution in [1.82, 2.24) is 0 Å². The second kappa shape index (κ2) is 7.01. The number of carboxylic acids is 1. The van der Waals surface area contributed by atoms with Gasteiger partial charge in [-0.15, -0.1) is 0 Å². The molecule has 0 heterocycles. The third-order valence-corrected chi connectivity index (χ3v) is 5.87. The van der Waals surface area contributed by atoms with Gasteiger partial charge in [0.1, 0.15) is 6.04 Å². The predicted octanol–water partition coefficient (Wildman–Crippen LogP) is 3.97. The summed E-state index contributed by atoms with van der Waals surface area (Å²) >= 11 is 12.0. The first kappa shape index (κ1) is 18.6. The summed E-state index contributed by atoms with van der Waals surface area (Å²) in [6.07, 6.45) is 0. The van der Waals surface area contributed by atoms with E-state index in [1.54, 1.807) is 12.1 Å². The standard InChI is InChI=1S/C16H15Cl2NO4S/c1-10-3-6-13(7-4-10)24(22,23)19(11(2)16(20)21)15-8-5-12(17)9-14(15)18/h3-9,11H,1-2H3,(H,20,21). The van der Waals surface area contributed by atoms with Gasteiger partial charge in [0.15, 0.2) is 0 Å². The fraction of sp³-hybridized carbons (Fsp3) is 0.188. The van der Waals surface area contributed by atoms with Crippen LogP contribution in [0.2, 0.25) is 10.0 Å². The minimum absolute atomic E-state index is 0.0211. The Balaban J connectivity index is 2.66. The molecule has 0 spiro atoms. The number of anilines is 1. The van der Waals surface area contributed by atoms with E-state index in [9.17, 15) is 18.3 Å². The van der Waals surface area contributed by atoms with Gasteiger partial charge in [-0.3, -0.25) is 4.31 Å². The van der Waals surface area contributed by atoms with Crippen molar-refractivity contribution in [2.75, 3.05) is 4.31 Å². The molecule has 2 aromatic rings. The summed E-state index contributed by atoms with van der Waals surface area (Å²) in [6, 6.07) is 8.98. The zero-order valence-electron chi connectivity index (χ0n) is 12.9. The van der Waals surface area contributed by atoms with Crippen LogP contribution in [0.1, 0.15) is 12.5 Å². The van der Waals surface area contributed by atoms with Gasteiger partial charge in [0, 0.05) is 5.02 Å². The molecule has 0 amide bonds. The van der Waals surface area contributed by atoms with Gasteiger partial charge in [-0.25, -0.2) is 13.2 Å². The number of hydrogen-bond acceptors (Lipinski definition) is 3. The summed E-state index contributed by atoms with van der Waals surface area (Å²) in [5.74, 6) is -1.29. The number of nitrogens with zero attached hydrogens (tertiary/aromatic N) is 1. The summed E-state index contributed by atoms with van der Waals surface area (Å²) in [5, 5.41) is 9.70. The van der Waals surface area contributed by atoms with Gasteiger partial charge in [0.05, 0.1) is 15.6 Å². The van der Waals surface area contributed by atoms with Gasteiger partial charge in [-0.05, 0) is 44.2 Å². The Morgan fingerprint density at radius 3 is 2.21 bits per heavy atom. The number of benzene rings is 2. The highest BCUT2D eigenvalue weighted by Crippen LogP contribution is 2.34. The number of halogens is 2. The van der Waals surface area contributed by atoms with E-state index in [0.29, 0.717) is 5.02 Å². The molecule has 1 atom stereocenters. The largest absolute Gasteiger partial charge is 0.480 e. The van der Waals surface area contributed by atoms with Crippen LogP contribution in [0.4, 0.5) is 5.69 Å². The minimum atomic E-state index is -4.13. The minimum Gasteiger partial charge on any atom is -0.480 e. The lowest BCUT2D eigenvalue weighted by atomic mass is 10.2. The van der Waals surface area contributed by atoms with Crippen molar-refractivity contribution in [3.8, 4) is 0 Å². The van der Waals surface area contributed by atoms with Crippen molar-refractivity contribution in [1.29, 1.82) is 0 Å². The number of aliphatic carboxylic acids is 1. The normalized spacial score (nSPS) is 12.7. The maximum absolute atomic E-state index is 13.0. The first-order valence-electron chi connectivity index (χ1n) is 6.93. The number of sulfonamides is 1. The van der Waals surface area contributed by atoms with E-state index in [-0.39, 0.29) is 15.6 Å². The molecule has 8 heteroatoms. The van der Waals surface area contributed by atoms with E-state index in [0.717, 1.165) is 9.87 Å². The third kappa shape index (κ3) is 3.66. The summed E-state index contributed by atoms with van der Waals surface area (Å²) < 4.78 is 26.8. The topological polar surface area (TPSA) is 74.7 Å². The van der Waals surface area contributed by atoms with Crippen LogP contribution in [-0.2, 0) is 14.8 Å². The Bertz CT molecular complexity index is 866. The van der Waals surface area contributed by atoms with Gasteiger partial charge in [0.2, 0.25) is 0 Å². The molecule has 0 aliphatic heterocycles. The fourth-order valence-corrected chi connectivity index (χ4v) is 4.31. The number of carboxylic acid groups (broad SMARTS) is 1. The molecule has 1 N–H and O–H groups in total. The van der Waals surface area contributed by atoms with Crippen molar-refractivity contribution >= 4 is 44.9 Å². The number of hydrogen-bond donors (Lipinski definition) is 1. The molecule has 0 saturated heterocycles. The van der Waals surface area contributed by atoms with Crippen LogP contribution < -0.4 is 4.31 Å². The van der Waals surface area contributed by atoms with E-state index in [4.69, 9.17) is 23.2 Å². The summed E-state index contributed by atoms with van der Waals surface area (Å²) in [4.78, 5) is 11.4. The van der Waals surface area contributed by atoms with Crippen LogP contribution in [0.15, 0.2) is 47.4 Å². The van der Waals surface area contributed by atoms with Crippen LogP contribution in [0, 0.1) is 6.92 Å². The summed E-state index contributed by atoms with van der Waals surface area (Å²) in [7, 11) is -4.13. The number of aryl methyl sites for hydroxylation is 1. The lowest BCUT2D eigenvalue weighted by molar-refractivity contribution is -0.137. The van der Waals surface area contributed by atoms with Gasteiger partial charge < -0.3 is 5.11 Å². The second-order valence-electron chi connectivity index (χ2n) is 5.22. The predicted molar refractivity (Wildman–Crippen MR) is 94.4 cm³/mol. The van der Waals surface area contributed by atoms with Crippen molar-refractivity contribution < 1.29 is 18.3 Å². The van der Waals surface area contributed by atoms with E-state index in [2.05, 4.69) is 0 Å². The number of rotatable bonds is 5. The molecule has 0 fully saturated rings. The van der Waals surface area contributed by atoms with Crippen LogP contribution in [0.25, 0.3) is 0 Å². The van der Waals surface area contributed by atoms with Crippen molar-refractivity contribution in [3.63, 3.8) is 0 Å². The van der Waals surface area contributed by atoms with Crippen LogP contribution >= 0.6 is 23.2 Å². The van der Waals surface area contributed by atoms with E-state index >= 15 is 0 Å². The molecule has 0 radical (unpaired) electrons. The Labute approximate surface area is 150 Å². The van der Waals surface area contributed by atoms with Crippen molar-refractivity contribution in [2.24, 2.45) is 0 Å². The zero-order valence-corrected chi connectivity index (χ0v) is 15.2. The van der Waals surface area contributed by atoms with E-state index < -0.39 is 22.0 Å². The van der Waals surface area contributed by atoms with Gasteiger partial charge in [0.25, 0.3) is 10.0 Å². The highest BCUT2D eigenvalue weighted by molar-refractivity contribution is 7.93. The zero-order chi connectivity index (χ0) is 18.1. The van der Waals surface area contributed by atoms with Gasteiger partial charge in [-0.1, -0.05) is 40.9 Å². The summed E-state index contributed by atoms with van der Waals surface area (Å²) in [6.45, 7) is 3.10. The molecule has 24 heavy (non-hydrogen) atoms. The first-order valence-corrected chi connectivity index (χ1v) is 9.13. The smallest absolute Gasteiger partial charge is 0.327 e. The lowest BCUT2D eigenvalue weighted by Crippen LogP contribution is -2.43. The molecule has 0 aliphatic carbocycles. The fourth-order valence-electron chi connectivity index (χ4n) is 2.13. The Morgan fingerprint density at radius 1 is 1.12 bits per heavy atom. The van der Waals surface area contributed by atoms with Gasteiger partial charge >= 0.3 is 5.97 Å². The Kier molecular flexibility index (Phi) is 5.42. The number of carbonyl (C=O) groups is 1. The van der Waals surface area contributed by atoms with E-state index in [1.165, 1.54) is 37.3 Å². The average molecular weight is 388 g/mol. The maximum atomic E-state index is 13.0. The molecular formula is C16H15Cl2NO4S. The molecule has 0 bridgehead atoms. The lowest BCUT2D eigenvalue weighted by Gasteiger charge is -2.28. The molecular weight excluding hydrogens is 373 g/mol. The SMILES string of the molecule is Cc1ccc(S(=O)(=O)N(c2ccc(Cl)cc2Cl)C(C)C(=O)O)cc1. The molecule has 2 rings (SSSR count). The van der Waals surface area contributed by atoms with Crippen molar-refractivity contribution in [2.45, 2.75) is 24.8 Å². The average Bonchev–Trinajstić information content (AvgIpc) is 2.49. The van der Waals surface area contributed by atoms with Crippen LogP contribution in [0.5, 0.6) is 0 Å². The molecule has 128 valence electrons. The van der Waals surface area contributed by atoms with Crippen LogP contribution in [-0.4, -0.2) is 25.5 Å². The molecule has 0 aliphatic rings. The van der Waals surface area contributed by atoms with Gasteiger partial charge in [-0.2, -0.15) is 0 Å². The maximum Gasteiger partial charge on any atom is 0.327 e. The molecule has 0 saturated carbocycles. The Hall–Kier alpha value is -1.76. The molecule has 1 unspecified atom stereocenters. The van der Waals surface area contributed by atoms with Crippen molar-refractivity contribution in [3.05, 3.63) is 58.1 Å². The molecule has 5 nitrogen and oxygen atoms in total. The quantitative estimate of drug-likeness (QED) is 0.841. The van der Waals surface area contributed by atoms with Crippen LogP contribution in [0.3, 0.4) is 0 Å². The summed E-state index contributed by atoms with van der Waals surface area (Å²) in [5.41, 5.74) is 0.938. The highest BCUT2D eigenvalue weighted by atomic mass is 35.5. The molecule has 0 aromatic heterocycles. The van der Waals surface area contributed by atoms with E-state index in [1.807, 2.05) is 6.92 Å². The third-order valence-electron chi connectivity index (χ3n) is 3.43.